The molecule has 0 spiro atoms. The Balaban J connectivity index is 2.33. The van der Waals surface area contributed by atoms with Crippen LogP contribution in [0.3, 0.4) is 0 Å². The van der Waals surface area contributed by atoms with Gasteiger partial charge in [-0.05, 0) is 45.8 Å². The zero-order valence-corrected chi connectivity index (χ0v) is 13.9. The van der Waals surface area contributed by atoms with Crippen molar-refractivity contribution in [2.75, 3.05) is 13.2 Å². The van der Waals surface area contributed by atoms with Crippen molar-refractivity contribution < 1.29 is 10.2 Å². The number of nitrogens with zero attached hydrogens (tertiary/aromatic N) is 1. The number of benzene rings is 1. The topological polar surface area (TPSA) is 53.4 Å². The summed E-state index contributed by atoms with van der Waals surface area (Å²) < 4.78 is 1.87. The number of hydrogen-bond donors (Lipinski definition) is 2. The van der Waals surface area contributed by atoms with Gasteiger partial charge in [-0.1, -0.05) is 28.1 Å². The maximum atomic E-state index is 9.81. The molecule has 20 heavy (non-hydrogen) atoms. The summed E-state index contributed by atoms with van der Waals surface area (Å²) in [6, 6.07) is 11.4. The molecule has 3 nitrogen and oxygen atoms in total. The number of aromatic nitrogens is 1. The van der Waals surface area contributed by atoms with Gasteiger partial charge in [0.15, 0.2) is 0 Å². The van der Waals surface area contributed by atoms with Crippen LogP contribution < -0.4 is 0 Å². The molecule has 106 valence electrons. The van der Waals surface area contributed by atoms with Crippen molar-refractivity contribution in [3.05, 3.63) is 62.8 Å². The summed E-state index contributed by atoms with van der Waals surface area (Å²) in [6.45, 7) is -0.272. The predicted octanol–water partition coefficient (Wildman–Crippen LogP) is 3.07. The fraction of sp³-hybridized carbons (Fsp3) is 0.267. The summed E-state index contributed by atoms with van der Waals surface area (Å²) in [7, 11) is 0. The van der Waals surface area contributed by atoms with Crippen molar-refractivity contribution >= 4 is 31.9 Å². The van der Waals surface area contributed by atoms with Crippen LogP contribution in [0.4, 0.5) is 0 Å². The van der Waals surface area contributed by atoms with Gasteiger partial charge in [0.25, 0.3) is 0 Å². The molecule has 0 aliphatic heterocycles. The Morgan fingerprint density at radius 1 is 0.900 bits per heavy atom. The number of halogens is 2. The molecule has 5 heteroatoms. The molecule has 0 unspecified atom stereocenters. The molecule has 0 atom stereocenters. The van der Waals surface area contributed by atoms with Crippen LogP contribution >= 0.6 is 31.9 Å². The fourth-order valence-corrected chi connectivity index (χ4v) is 2.61. The van der Waals surface area contributed by atoms with Gasteiger partial charge in [0.1, 0.15) is 0 Å². The monoisotopic (exact) mass is 399 g/mol. The van der Waals surface area contributed by atoms with Crippen LogP contribution in [0.25, 0.3) is 0 Å². The van der Waals surface area contributed by atoms with Gasteiger partial charge in [-0.25, -0.2) is 0 Å². The number of rotatable bonds is 5. The standard InChI is InChI=1S/C15H15Br2NO2/c16-12-3-1-11(2-4-12)15(9-19,10-20)7-14-6-5-13(17)8-18-14/h1-6,8,19-20H,7,9-10H2. The molecule has 2 rings (SSSR count). The van der Waals surface area contributed by atoms with Gasteiger partial charge in [-0.3, -0.25) is 4.98 Å². The van der Waals surface area contributed by atoms with Crippen molar-refractivity contribution in [1.29, 1.82) is 0 Å². The van der Waals surface area contributed by atoms with Crippen molar-refractivity contribution in [3.63, 3.8) is 0 Å². The Hall–Kier alpha value is -0.750. The SMILES string of the molecule is OCC(CO)(Cc1ccc(Br)cn1)c1ccc(Br)cc1. The van der Waals surface area contributed by atoms with Gasteiger partial charge in [-0.2, -0.15) is 0 Å². The highest BCUT2D eigenvalue weighted by molar-refractivity contribution is 9.10. The average molecular weight is 401 g/mol. The quantitative estimate of drug-likeness (QED) is 0.810. The van der Waals surface area contributed by atoms with Crippen LogP contribution in [-0.4, -0.2) is 28.4 Å². The van der Waals surface area contributed by atoms with E-state index in [-0.39, 0.29) is 13.2 Å². The molecule has 0 aliphatic rings. The molecule has 1 aromatic heterocycles. The van der Waals surface area contributed by atoms with E-state index in [1.54, 1.807) is 6.20 Å². The number of aliphatic hydroxyl groups excluding tert-OH is 2. The highest BCUT2D eigenvalue weighted by Crippen LogP contribution is 2.29. The smallest absolute Gasteiger partial charge is 0.0553 e. The third kappa shape index (κ3) is 3.47. The van der Waals surface area contributed by atoms with E-state index in [4.69, 9.17) is 0 Å². The molecule has 0 bridgehead atoms. The summed E-state index contributed by atoms with van der Waals surface area (Å²) in [5, 5.41) is 19.6. The second kappa shape index (κ2) is 6.80. The molecule has 0 saturated carbocycles. The molecule has 0 saturated heterocycles. The van der Waals surface area contributed by atoms with E-state index in [0.717, 1.165) is 20.2 Å². The molecule has 0 radical (unpaired) electrons. The normalized spacial score (nSPS) is 11.6. The van der Waals surface area contributed by atoms with Crippen LogP contribution in [0.5, 0.6) is 0 Å². The van der Waals surface area contributed by atoms with E-state index in [0.29, 0.717) is 6.42 Å². The van der Waals surface area contributed by atoms with E-state index in [9.17, 15) is 10.2 Å². The number of aliphatic hydroxyl groups is 2. The Labute approximate surface area is 134 Å². The Morgan fingerprint density at radius 3 is 2.00 bits per heavy atom. The summed E-state index contributed by atoms with van der Waals surface area (Å²) in [4.78, 5) is 4.32. The first-order chi connectivity index (χ1) is 9.59. The maximum Gasteiger partial charge on any atom is 0.0553 e. The third-order valence-electron chi connectivity index (χ3n) is 3.37. The van der Waals surface area contributed by atoms with Gasteiger partial charge in [-0.15, -0.1) is 0 Å². The minimum atomic E-state index is -0.721. The first-order valence-electron chi connectivity index (χ1n) is 6.18. The van der Waals surface area contributed by atoms with Crippen molar-refractivity contribution in [3.8, 4) is 0 Å². The van der Waals surface area contributed by atoms with Crippen molar-refractivity contribution in [1.82, 2.24) is 4.98 Å². The van der Waals surface area contributed by atoms with E-state index >= 15 is 0 Å². The zero-order valence-electron chi connectivity index (χ0n) is 10.8. The lowest BCUT2D eigenvalue weighted by atomic mass is 9.78. The summed E-state index contributed by atoms with van der Waals surface area (Å²) in [5.74, 6) is 0. The number of hydrogen-bond acceptors (Lipinski definition) is 3. The Bertz CT molecular complexity index is 551. The number of pyridine rings is 1. The van der Waals surface area contributed by atoms with Crippen molar-refractivity contribution in [2.24, 2.45) is 0 Å². The van der Waals surface area contributed by atoms with Crippen LogP contribution in [0.15, 0.2) is 51.5 Å². The predicted molar refractivity (Wildman–Crippen MR) is 85.6 cm³/mol. The lowest BCUT2D eigenvalue weighted by Crippen LogP contribution is -2.37. The molecule has 2 aromatic rings. The lowest BCUT2D eigenvalue weighted by molar-refractivity contribution is 0.115. The second-order valence-electron chi connectivity index (χ2n) is 4.75. The summed E-state index contributed by atoms with van der Waals surface area (Å²) in [5.41, 5.74) is 1.01. The van der Waals surface area contributed by atoms with Gasteiger partial charge in [0.05, 0.1) is 13.2 Å². The van der Waals surface area contributed by atoms with Crippen LogP contribution in [0.2, 0.25) is 0 Å². The molecule has 2 N–H and O–H groups in total. The maximum absolute atomic E-state index is 9.81. The van der Waals surface area contributed by atoms with Crippen LogP contribution in [0, 0.1) is 0 Å². The van der Waals surface area contributed by atoms with Gasteiger partial charge >= 0.3 is 0 Å². The molecular formula is C15H15Br2NO2. The highest BCUT2D eigenvalue weighted by atomic mass is 79.9. The van der Waals surface area contributed by atoms with Gasteiger partial charge in [0, 0.05) is 32.7 Å². The first-order valence-corrected chi connectivity index (χ1v) is 7.76. The largest absolute Gasteiger partial charge is 0.395 e. The minimum absolute atomic E-state index is 0.136. The molecule has 1 heterocycles. The molecule has 1 aromatic carbocycles. The first kappa shape index (κ1) is 15.6. The molecule has 0 amide bonds. The average Bonchev–Trinajstić information content (AvgIpc) is 2.48. The van der Waals surface area contributed by atoms with E-state index in [1.807, 2.05) is 36.4 Å². The van der Waals surface area contributed by atoms with E-state index in [1.165, 1.54) is 0 Å². The molecule has 0 fully saturated rings. The zero-order chi connectivity index (χ0) is 14.6. The third-order valence-corrected chi connectivity index (χ3v) is 4.37. The minimum Gasteiger partial charge on any atom is -0.395 e. The molecule has 0 aliphatic carbocycles. The van der Waals surface area contributed by atoms with Crippen molar-refractivity contribution in [2.45, 2.75) is 11.8 Å². The second-order valence-corrected chi connectivity index (χ2v) is 6.58. The highest BCUT2D eigenvalue weighted by Gasteiger charge is 2.31. The van der Waals surface area contributed by atoms with Crippen LogP contribution in [0.1, 0.15) is 11.3 Å². The Morgan fingerprint density at radius 2 is 1.50 bits per heavy atom. The van der Waals surface area contributed by atoms with E-state index < -0.39 is 5.41 Å². The fourth-order valence-electron chi connectivity index (χ4n) is 2.11. The molecular weight excluding hydrogens is 386 g/mol. The van der Waals surface area contributed by atoms with E-state index in [2.05, 4.69) is 36.8 Å². The van der Waals surface area contributed by atoms with Gasteiger partial charge < -0.3 is 10.2 Å². The summed E-state index contributed by atoms with van der Waals surface area (Å²) >= 11 is 6.73. The lowest BCUT2D eigenvalue weighted by Gasteiger charge is -2.30. The van der Waals surface area contributed by atoms with Gasteiger partial charge in [0.2, 0.25) is 0 Å². The summed E-state index contributed by atoms with van der Waals surface area (Å²) in [6.07, 6.45) is 2.20. The Kier molecular flexibility index (Phi) is 5.32. The van der Waals surface area contributed by atoms with Crippen LogP contribution in [-0.2, 0) is 11.8 Å².